The zero-order chi connectivity index (χ0) is 14.8. The second-order valence-electron chi connectivity index (χ2n) is 4.89. The SMILES string of the molecule is Cc1nc2c(c(Oc3cccnc3[N+](=O)[O-])n1)CCCC2. The number of aryl methyl sites for hydroxylation is 2. The molecule has 108 valence electrons. The van der Waals surface area contributed by atoms with Crippen LogP contribution in [0.2, 0.25) is 0 Å². The van der Waals surface area contributed by atoms with Crippen LogP contribution in [0, 0.1) is 17.0 Å². The second-order valence-corrected chi connectivity index (χ2v) is 4.89. The molecule has 0 saturated heterocycles. The third kappa shape index (κ3) is 2.67. The van der Waals surface area contributed by atoms with Gasteiger partial charge < -0.3 is 14.9 Å². The number of nitro groups is 1. The Labute approximate surface area is 121 Å². The highest BCUT2D eigenvalue weighted by molar-refractivity contribution is 5.43. The topological polar surface area (TPSA) is 91.0 Å². The molecule has 0 radical (unpaired) electrons. The Morgan fingerprint density at radius 3 is 2.90 bits per heavy atom. The monoisotopic (exact) mass is 286 g/mol. The zero-order valence-electron chi connectivity index (χ0n) is 11.6. The fourth-order valence-electron chi connectivity index (χ4n) is 2.47. The van der Waals surface area contributed by atoms with E-state index in [1.54, 1.807) is 13.0 Å². The van der Waals surface area contributed by atoms with Gasteiger partial charge in [-0.25, -0.2) is 4.98 Å². The number of ether oxygens (including phenoxy) is 1. The molecule has 0 atom stereocenters. The fourth-order valence-corrected chi connectivity index (χ4v) is 2.47. The van der Waals surface area contributed by atoms with E-state index in [0.29, 0.717) is 11.7 Å². The standard InChI is InChI=1S/C14H14N4O3/c1-9-16-11-6-3-2-5-10(11)14(17-9)21-12-7-4-8-15-13(12)18(19)20/h4,7-8H,2-3,5-6H2,1H3. The van der Waals surface area contributed by atoms with Gasteiger partial charge >= 0.3 is 5.82 Å². The molecule has 3 rings (SSSR count). The maximum Gasteiger partial charge on any atom is 0.406 e. The van der Waals surface area contributed by atoms with Gasteiger partial charge in [-0.1, -0.05) is 0 Å². The second kappa shape index (κ2) is 5.43. The van der Waals surface area contributed by atoms with E-state index >= 15 is 0 Å². The largest absolute Gasteiger partial charge is 0.430 e. The molecular formula is C14H14N4O3. The summed E-state index contributed by atoms with van der Waals surface area (Å²) in [7, 11) is 0. The number of hydrogen-bond acceptors (Lipinski definition) is 6. The van der Waals surface area contributed by atoms with Gasteiger partial charge in [0.05, 0.1) is 5.69 Å². The van der Waals surface area contributed by atoms with Gasteiger partial charge in [-0.05, 0) is 54.6 Å². The molecule has 2 heterocycles. The molecule has 7 nitrogen and oxygen atoms in total. The van der Waals surface area contributed by atoms with Crippen LogP contribution in [-0.2, 0) is 12.8 Å². The summed E-state index contributed by atoms with van der Waals surface area (Å²) in [5.74, 6) is 0.817. The van der Waals surface area contributed by atoms with Gasteiger partial charge in [0.1, 0.15) is 12.0 Å². The predicted molar refractivity (Wildman–Crippen MR) is 74.4 cm³/mol. The molecule has 0 spiro atoms. The Bertz CT molecular complexity index is 703. The third-order valence-electron chi connectivity index (χ3n) is 3.39. The van der Waals surface area contributed by atoms with Crippen LogP contribution in [0.25, 0.3) is 0 Å². The molecule has 1 aliphatic rings. The minimum atomic E-state index is -0.560. The van der Waals surface area contributed by atoms with Crippen molar-refractivity contribution in [2.45, 2.75) is 32.6 Å². The van der Waals surface area contributed by atoms with Crippen LogP contribution in [0.15, 0.2) is 18.3 Å². The van der Waals surface area contributed by atoms with Crippen LogP contribution < -0.4 is 4.74 Å². The lowest BCUT2D eigenvalue weighted by molar-refractivity contribution is -0.390. The number of pyridine rings is 1. The van der Waals surface area contributed by atoms with Crippen molar-refractivity contribution >= 4 is 5.82 Å². The average Bonchev–Trinajstić information content (AvgIpc) is 2.47. The zero-order valence-corrected chi connectivity index (χ0v) is 11.6. The molecule has 2 aromatic rings. The summed E-state index contributed by atoms with van der Waals surface area (Å²) < 4.78 is 5.69. The van der Waals surface area contributed by atoms with Gasteiger partial charge in [-0.15, -0.1) is 0 Å². The molecular weight excluding hydrogens is 272 g/mol. The Morgan fingerprint density at radius 1 is 1.29 bits per heavy atom. The van der Waals surface area contributed by atoms with Crippen molar-refractivity contribution in [1.82, 2.24) is 15.0 Å². The number of fused-ring (bicyclic) bond motifs is 1. The molecule has 0 unspecified atom stereocenters. The number of aromatic nitrogens is 3. The van der Waals surface area contributed by atoms with Crippen LogP contribution in [0.4, 0.5) is 5.82 Å². The molecule has 0 N–H and O–H groups in total. The van der Waals surface area contributed by atoms with E-state index in [9.17, 15) is 10.1 Å². The molecule has 0 saturated carbocycles. The van der Waals surface area contributed by atoms with Crippen molar-refractivity contribution in [1.29, 1.82) is 0 Å². The normalized spacial score (nSPS) is 13.6. The highest BCUT2D eigenvalue weighted by Crippen LogP contribution is 2.33. The average molecular weight is 286 g/mol. The number of hydrogen-bond donors (Lipinski definition) is 0. The van der Waals surface area contributed by atoms with E-state index in [-0.39, 0.29) is 11.6 Å². The van der Waals surface area contributed by atoms with Crippen LogP contribution >= 0.6 is 0 Å². The summed E-state index contributed by atoms with van der Waals surface area (Å²) in [6.07, 6.45) is 5.23. The lowest BCUT2D eigenvalue weighted by atomic mass is 9.97. The Morgan fingerprint density at radius 2 is 2.10 bits per heavy atom. The lowest BCUT2D eigenvalue weighted by Crippen LogP contribution is -2.10. The molecule has 2 aromatic heterocycles. The first-order valence-corrected chi connectivity index (χ1v) is 6.79. The van der Waals surface area contributed by atoms with Crippen molar-refractivity contribution in [2.75, 3.05) is 0 Å². The highest BCUT2D eigenvalue weighted by atomic mass is 16.6. The molecule has 0 aliphatic heterocycles. The van der Waals surface area contributed by atoms with Gasteiger partial charge in [-0.2, -0.15) is 4.98 Å². The van der Waals surface area contributed by atoms with Gasteiger partial charge in [0.2, 0.25) is 11.6 Å². The number of nitrogens with zero attached hydrogens (tertiary/aromatic N) is 4. The summed E-state index contributed by atoms with van der Waals surface area (Å²) in [4.78, 5) is 22.9. The molecule has 21 heavy (non-hydrogen) atoms. The van der Waals surface area contributed by atoms with Crippen molar-refractivity contribution in [3.63, 3.8) is 0 Å². The smallest absolute Gasteiger partial charge is 0.406 e. The van der Waals surface area contributed by atoms with Crippen molar-refractivity contribution in [2.24, 2.45) is 0 Å². The molecule has 0 amide bonds. The van der Waals surface area contributed by atoms with E-state index < -0.39 is 4.92 Å². The van der Waals surface area contributed by atoms with Crippen molar-refractivity contribution in [3.05, 3.63) is 45.5 Å². The van der Waals surface area contributed by atoms with Gasteiger partial charge in [-0.3, -0.25) is 0 Å². The fraction of sp³-hybridized carbons (Fsp3) is 0.357. The third-order valence-corrected chi connectivity index (χ3v) is 3.39. The Hall–Kier alpha value is -2.57. The van der Waals surface area contributed by atoms with Crippen LogP contribution in [0.1, 0.15) is 29.9 Å². The van der Waals surface area contributed by atoms with E-state index in [1.165, 1.54) is 12.3 Å². The van der Waals surface area contributed by atoms with Gasteiger partial charge in [0.25, 0.3) is 0 Å². The Kier molecular flexibility index (Phi) is 3.47. The maximum atomic E-state index is 11.0. The van der Waals surface area contributed by atoms with Crippen LogP contribution in [0.5, 0.6) is 11.6 Å². The maximum absolute atomic E-state index is 11.0. The minimum Gasteiger partial charge on any atom is -0.430 e. The molecule has 7 heteroatoms. The summed E-state index contributed by atoms with van der Waals surface area (Å²) in [5, 5.41) is 11.0. The first-order chi connectivity index (χ1) is 10.1. The van der Waals surface area contributed by atoms with Crippen LogP contribution in [0.3, 0.4) is 0 Å². The van der Waals surface area contributed by atoms with E-state index in [1.807, 2.05) is 0 Å². The summed E-state index contributed by atoms with van der Waals surface area (Å²) in [5.41, 5.74) is 1.93. The van der Waals surface area contributed by atoms with Gasteiger partial charge in [0.15, 0.2) is 0 Å². The number of rotatable bonds is 3. The highest BCUT2D eigenvalue weighted by Gasteiger charge is 2.22. The van der Waals surface area contributed by atoms with E-state index in [2.05, 4.69) is 15.0 Å². The molecule has 0 fully saturated rings. The first-order valence-electron chi connectivity index (χ1n) is 6.79. The molecule has 0 bridgehead atoms. The van der Waals surface area contributed by atoms with E-state index in [4.69, 9.17) is 4.74 Å². The molecule has 0 aromatic carbocycles. The first kappa shape index (κ1) is 13.4. The Balaban J connectivity index is 2.03. The minimum absolute atomic E-state index is 0.105. The van der Waals surface area contributed by atoms with Crippen molar-refractivity contribution in [3.8, 4) is 11.6 Å². The van der Waals surface area contributed by atoms with Gasteiger partial charge in [0, 0.05) is 5.56 Å². The van der Waals surface area contributed by atoms with Crippen molar-refractivity contribution < 1.29 is 9.66 Å². The van der Waals surface area contributed by atoms with E-state index in [0.717, 1.165) is 36.9 Å². The quantitative estimate of drug-likeness (QED) is 0.636. The van der Waals surface area contributed by atoms with Crippen LogP contribution in [-0.4, -0.2) is 19.9 Å². The predicted octanol–water partition coefficient (Wildman–Crippen LogP) is 2.76. The molecule has 1 aliphatic carbocycles. The lowest BCUT2D eigenvalue weighted by Gasteiger charge is -2.18. The summed E-state index contributed by atoms with van der Waals surface area (Å²) >= 11 is 0. The summed E-state index contributed by atoms with van der Waals surface area (Å²) in [6, 6.07) is 3.13. The summed E-state index contributed by atoms with van der Waals surface area (Å²) in [6.45, 7) is 1.79.